The van der Waals surface area contributed by atoms with Gasteiger partial charge in [-0.05, 0) is 24.3 Å². The second-order valence-electron chi connectivity index (χ2n) is 3.92. The molecule has 102 valence electrons. The molecule has 0 aromatic heterocycles. The number of carbonyl (C=O) groups is 2. The molecule has 1 amide bonds. The van der Waals surface area contributed by atoms with Gasteiger partial charge in [0.25, 0.3) is 5.91 Å². The van der Waals surface area contributed by atoms with Crippen molar-refractivity contribution in [1.82, 2.24) is 0 Å². The van der Waals surface area contributed by atoms with Crippen molar-refractivity contribution in [3.8, 4) is 5.75 Å². The number of carbonyl (C=O) groups excluding carboxylic acids is 2. The molecule has 1 aromatic carbocycles. The fraction of sp³-hybridized carbons (Fsp3) is 0.286. The van der Waals surface area contributed by atoms with Gasteiger partial charge in [-0.1, -0.05) is 6.58 Å². The SMILES string of the molecule is C=C(CC(=O)OC)C(=O)N(C)c1ccc(OC)cc1. The van der Waals surface area contributed by atoms with Crippen molar-refractivity contribution in [1.29, 1.82) is 0 Å². The molecule has 1 aromatic rings. The van der Waals surface area contributed by atoms with Crippen LogP contribution in [-0.4, -0.2) is 33.1 Å². The van der Waals surface area contributed by atoms with Gasteiger partial charge in [0.2, 0.25) is 0 Å². The van der Waals surface area contributed by atoms with Crippen LogP contribution >= 0.6 is 0 Å². The minimum atomic E-state index is -0.485. The minimum absolute atomic E-state index is 0.115. The largest absolute Gasteiger partial charge is 0.497 e. The summed E-state index contributed by atoms with van der Waals surface area (Å²) in [7, 11) is 4.46. The van der Waals surface area contributed by atoms with Crippen molar-refractivity contribution >= 4 is 17.6 Å². The Morgan fingerprint density at radius 3 is 2.26 bits per heavy atom. The number of ether oxygens (including phenoxy) is 2. The molecule has 5 heteroatoms. The van der Waals surface area contributed by atoms with Crippen LogP contribution in [-0.2, 0) is 14.3 Å². The van der Waals surface area contributed by atoms with Gasteiger partial charge in [0.1, 0.15) is 5.75 Å². The average Bonchev–Trinajstić information content (AvgIpc) is 2.45. The number of hydrogen-bond donors (Lipinski definition) is 0. The summed E-state index contributed by atoms with van der Waals surface area (Å²) in [6, 6.07) is 7.01. The topological polar surface area (TPSA) is 55.8 Å². The van der Waals surface area contributed by atoms with Gasteiger partial charge in [0.05, 0.1) is 20.6 Å². The normalized spacial score (nSPS) is 9.63. The molecule has 0 aliphatic carbocycles. The second kappa shape index (κ2) is 6.58. The number of methoxy groups -OCH3 is 2. The van der Waals surface area contributed by atoms with Crippen LogP contribution in [0.3, 0.4) is 0 Å². The highest BCUT2D eigenvalue weighted by Gasteiger charge is 2.17. The third kappa shape index (κ3) is 3.84. The minimum Gasteiger partial charge on any atom is -0.497 e. The van der Waals surface area contributed by atoms with Crippen LogP contribution in [0.1, 0.15) is 6.42 Å². The van der Waals surface area contributed by atoms with Gasteiger partial charge in [-0.15, -0.1) is 0 Å². The number of esters is 1. The number of nitrogens with zero attached hydrogens (tertiary/aromatic N) is 1. The summed E-state index contributed by atoms with van der Waals surface area (Å²) in [6.07, 6.45) is -0.115. The zero-order chi connectivity index (χ0) is 14.4. The van der Waals surface area contributed by atoms with Gasteiger partial charge < -0.3 is 14.4 Å². The molecule has 0 aliphatic heterocycles. The number of benzene rings is 1. The van der Waals surface area contributed by atoms with E-state index in [4.69, 9.17) is 4.74 Å². The van der Waals surface area contributed by atoms with E-state index in [0.717, 1.165) is 0 Å². The Bertz CT molecular complexity index is 479. The van der Waals surface area contributed by atoms with Gasteiger partial charge in [-0.2, -0.15) is 0 Å². The van der Waals surface area contributed by atoms with Crippen molar-refractivity contribution < 1.29 is 19.1 Å². The number of amides is 1. The van der Waals surface area contributed by atoms with E-state index in [9.17, 15) is 9.59 Å². The summed E-state index contributed by atoms with van der Waals surface area (Å²) in [5.74, 6) is -0.102. The van der Waals surface area contributed by atoms with E-state index in [0.29, 0.717) is 11.4 Å². The van der Waals surface area contributed by atoms with Gasteiger partial charge in [0, 0.05) is 18.3 Å². The first kappa shape index (κ1) is 14.8. The van der Waals surface area contributed by atoms with Crippen molar-refractivity contribution in [2.75, 3.05) is 26.2 Å². The van der Waals surface area contributed by atoms with Gasteiger partial charge in [-0.25, -0.2) is 0 Å². The van der Waals surface area contributed by atoms with Crippen molar-refractivity contribution in [2.24, 2.45) is 0 Å². The fourth-order valence-electron chi connectivity index (χ4n) is 1.48. The Kier molecular flexibility index (Phi) is 5.11. The third-order valence-corrected chi connectivity index (χ3v) is 2.65. The van der Waals surface area contributed by atoms with E-state index in [-0.39, 0.29) is 17.9 Å². The lowest BCUT2D eigenvalue weighted by Crippen LogP contribution is -2.28. The predicted octanol–water partition coefficient (Wildman–Crippen LogP) is 1.78. The Hall–Kier alpha value is -2.30. The molecule has 19 heavy (non-hydrogen) atoms. The quantitative estimate of drug-likeness (QED) is 0.600. The molecule has 0 heterocycles. The van der Waals surface area contributed by atoms with Gasteiger partial charge >= 0.3 is 5.97 Å². The lowest BCUT2D eigenvalue weighted by atomic mass is 10.2. The fourth-order valence-corrected chi connectivity index (χ4v) is 1.48. The first-order valence-corrected chi connectivity index (χ1v) is 5.66. The number of hydrogen-bond acceptors (Lipinski definition) is 4. The lowest BCUT2D eigenvalue weighted by Gasteiger charge is -2.18. The van der Waals surface area contributed by atoms with E-state index in [1.165, 1.54) is 12.0 Å². The predicted molar refractivity (Wildman–Crippen MR) is 72.2 cm³/mol. The van der Waals surface area contributed by atoms with E-state index in [1.807, 2.05) is 0 Å². The summed E-state index contributed by atoms with van der Waals surface area (Å²) >= 11 is 0. The molecule has 0 atom stereocenters. The number of anilines is 1. The summed E-state index contributed by atoms with van der Waals surface area (Å²) in [5, 5.41) is 0. The van der Waals surface area contributed by atoms with Crippen LogP contribution in [0.25, 0.3) is 0 Å². The smallest absolute Gasteiger partial charge is 0.310 e. The van der Waals surface area contributed by atoms with Crippen molar-refractivity contribution in [2.45, 2.75) is 6.42 Å². The molecule has 0 saturated carbocycles. The van der Waals surface area contributed by atoms with E-state index < -0.39 is 5.97 Å². The van der Waals surface area contributed by atoms with E-state index in [2.05, 4.69) is 11.3 Å². The Balaban J connectivity index is 2.75. The van der Waals surface area contributed by atoms with E-state index >= 15 is 0 Å². The zero-order valence-corrected chi connectivity index (χ0v) is 11.3. The van der Waals surface area contributed by atoms with Crippen LogP contribution < -0.4 is 9.64 Å². The van der Waals surface area contributed by atoms with Gasteiger partial charge in [-0.3, -0.25) is 9.59 Å². The summed E-state index contributed by atoms with van der Waals surface area (Å²) in [6.45, 7) is 3.61. The first-order valence-electron chi connectivity index (χ1n) is 5.66. The van der Waals surface area contributed by atoms with Crippen molar-refractivity contribution in [3.05, 3.63) is 36.4 Å². The Labute approximate surface area is 112 Å². The lowest BCUT2D eigenvalue weighted by molar-refractivity contribution is -0.140. The Morgan fingerprint density at radius 2 is 1.79 bits per heavy atom. The average molecular weight is 263 g/mol. The molecule has 0 radical (unpaired) electrons. The van der Waals surface area contributed by atoms with Gasteiger partial charge in [0.15, 0.2) is 0 Å². The molecule has 5 nitrogen and oxygen atoms in total. The molecule has 0 bridgehead atoms. The summed E-state index contributed by atoms with van der Waals surface area (Å²) in [4.78, 5) is 24.6. The maximum Gasteiger partial charge on any atom is 0.310 e. The summed E-state index contributed by atoms with van der Waals surface area (Å²) < 4.78 is 9.54. The van der Waals surface area contributed by atoms with Crippen molar-refractivity contribution in [3.63, 3.8) is 0 Å². The first-order chi connectivity index (χ1) is 8.99. The van der Waals surface area contributed by atoms with Crippen LogP contribution in [0.2, 0.25) is 0 Å². The molecule has 0 fully saturated rings. The van der Waals surface area contributed by atoms with Crippen LogP contribution in [0.15, 0.2) is 36.4 Å². The molecule has 0 saturated heterocycles. The molecule has 1 rings (SSSR count). The monoisotopic (exact) mass is 263 g/mol. The highest BCUT2D eigenvalue weighted by atomic mass is 16.5. The van der Waals surface area contributed by atoms with E-state index in [1.54, 1.807) is 38.4 Å². The van der Waals surface area contributed by atoms with Crippen LogP contribution in [0.5, 0.6) is 5.75 Å². The second-order valence-corrected chi connectivity index (χ2v) is 3.92. The van der Waals surface area contributed by atoms with Crippen LogP contribution in [0.4, 0.5) is 5.69 Å². The molecule has 0 spiro atoms. The molecular formula is C14H17NO4. The molecular weight excluding hydrogens is 246 g/mol. The summed E-state index contributed by atoms with van der Waals surface area (Å²) in [5.41, 5.74) is 0.877. The maximum atomic E-state index is 12.0. The molecule has 0 N–H and O–H groups in total. The standard InChI is InChI=1S/C14H17NO4/c1-10(9-13(16)19-4)14(17)15(2)11-5-7-12(18-3)8-6-11/h5-8H,1,9H2,2-4H3. The zero-order valence-electron chi connectivity index (χ0n) is 11.3. The third-order valence-electron chi connectivity index (χ3n) is 2.65. The Morgan fingerprint density at radius 1 is 1.21 bits per heavy atom. The number of likely N-dealkylation sites (N-methyl/N-ethyl adjacent to an activating group) is 1. The molecule has 0 aliphatic rings. The molecule has 0 unspecified atom stereocenters. The number of rotatable bonds is 5. The van der Waals surface area contributed by atoms with Crippen LogP contribution in [0, 0.1) is 0 Å². The highest BCUT2D eigenvalue weighted by Crippen LogP contribution is 2.19. The maximum absolute atomic E-state index is 12.0. The highest BCUT2D eigenvalue weighted by molar-refractivity contribution is 6.07.